The van der Waals surface area contributed by atoms with Gasteiger partial charge in [0.05, 0.1) is 39.6 Å². The van der Waals surface area contributed by atoms with Crippen LogP contribution in [0.2, 0.25) is 0 Å². The van der Waals surface area contributed by atoms with Gasteiger partial charge in [0, 0.05) is 26.5 Å². The first kappa shape index (κ1) is 40.2. The van der Waals surface area contributed by atoms with Gasteiger partial charge >= 0.3 is 25.8 Å². The number of aliphatic hydroxyl groups excluding tert-OH is 1. The quantitative estimate of drug-likeness (QED) is 0.0596. The number of H-pyrrole nitrogens is 1. The number of methoxy groups -OCH3 is 2. The third-order valence-corrected chi connectivity index (χ3v) is 7.25. The molecule has 23 heteroatoms. The molecule has 1 fully saturated rings. The summed E-state index contributed by atoms with van der Waals surface area (Å²) in [6, 6.07) is 0.866. The SMILES string of the molecule is COCCOCCOC(=O)OCOP(=O)(OCOC(=O)OCCOCCOC)O[C@@]1(CF)O[C@@H](n2ccc(=O)[nH]c2=O)[C@](C)(O)[C@@H]1O. The van der Waals surface area contributed by atoms with Crippen molar-refractivity contribution in [1.29, 1.82) is 0 Å². The average molecular weight is 709 g/mol. The van der Waals surface area contributed by atoms with Crippen molar-refractivity contribution in [2.75, 3.05) is 87.3 Å². The predicted octanol–water partition coefficient (Wildman–Crippen LogP) is -0.452. The Morgan fingerprint density at radius 1 is 0.936 bits per heavy atom. The standard InChI is InChI=1S/C24H38FN2O19P/c1-23(33)18(29)24(14-25,45-19(23)27-5-4-17(28)26-20(27)30)46-47(34,43-15-41-21(31)39-12-10-37-8-6-35-2)44-16-42-22(32)40-13-11-38-9-7-36-3/h4-5,18-19,29,33H,6-16H2,1-3H3,(H,26,28,30)/t18-,19+,23+,24+/m0/s1. The summed E-state index contributed by atoms with van der Waals surface area (Å²) < 4.78 is 87.5. The molecule has 1 aromatic rings. The van der Waals surface area contributed by atoms with E-state index in [1.54, 1.807) is 0 Å². The van der Waals surface area contributed by atoms with E-state index in [4.69, 9.17) is 46.7 Å². The number of alkyl halides is 1. The first-order chi connectivity index (χ1) is 22.3. The van der Waals surface area contributed by atoms with Gasteiger partial charge in [-0.05, 0) is 6.92 Å². The number of aromatic amines is 1. The van der Waals surface area contributed by atoms with Gasteiger partial charge in [0.1, 0.15) is 31.6 Å². The van der Waals surface area contributed by atoms with Gasteiger partial charge < -0.3 is 52.8 Å². The van der Waals surface area contributed by atoms with Gasteiger partial charge in [0.2, 0.25) is 19.4 Å². The van der Waals surface area contributed by atoms with E-state index in [0.717, 1.165) is 19.2 Å². The fourth-order valence-corrected chi connectivity index (χ4v) is 4.71. The van der Waals surface area contributed by atoms with Crippen molar-refractivity contribution in [3.8, 4) is 0 Å². The number of phosphoric acid groups is 1. The molecule has 1 aromatic heterocycles. The molecular formula is C24H38FN2O19P. The Morgan fingerprint density at radius 3 is 1.91 bits per heavy atom. The Morgan fingerprint density at radius 2 is 1.45 bits per heavy atom. The second-order valence-electron chi connectivity index (χ2n) is 9.29. The lowest BCUT2D eigenvalue weighted by Crippen LogP contribution is -2.52. The Kier molecular flexibility index (Phi) is 16.8. The highest BCUT2D eigenvalue weighted by atomic mass is 31.2. The van der Waals surface area contributed by atoms with Crippen LogP contribution < -0.4 is 11.2 Å². The van der Waals surface area contributed by atoms with Crippen molar-refractivity contribution in [3.63, 3.8) is 0 Å². The molecule has 0 spiro atoms. The molecule has 0 aromatic carbocycles. The molecular weight excluding hydrogens is 670 g/mol. The van der Waals surface area contributed by atoms with Gasteiger partial charge in [-0.15, -0.1) is 0 Å². The van der Waals surface area contributed by atoms with Crippen molar-refractivity contribution >= 4 is 20.1 Å². The molecule has 0 radical (unpaired) electrons. The van der Waals surface area contributed by atoms with E-state index in [2.05, 4.69) is 9.47 Å². The number of aliphatic hydroxyl groups is 2. The first-order valence-corrected chi connectivity index (χ1v) is 15.1. The van der Waals surface area contributed by atoms with E-state index in [1.165, 1.54) is 14.2 Å². The van der Waals surface area contributed by atoms with E-state index < -0.39 is 75.4 Å². The number of nitrogens with one attached hydrogen (secondary N) is 1. The second kappa shape index (κ2) is 19.7. The number of hydrogen-bond acceptors (Lipinski definition) is 19. The molecule has 1 aliphatic rings. The van der Waals surface area contributed by atoms with Crippen molar-refractivity contribution < 1.29 is 85.0 Å². The molecule has 0 saturated carbocycles. The Labute approximate surface area is 266 Å². The van der Waals surface area contributed by atoms with Crippen LogP contribution in [-0.4, -0.2) is 137 Å². The summed E-state index contributed by atoms with van der Waals surface area (Å²) >= 11 is 0. The minimum Gasteiger partial charge on any atom is -0.432 e. The lowest BCUT2D eigenvalue weighted by atomic mass is 9.95. The van der Waals surface area contributed by atoms with Crippen LogP contribution in [0.4, 0.5) is 14.0 Å². The van der Waals surface area contributed by atoms with Crippen LogP contribution in [0.5, 0.6) is 0 Å². The molecule has 4 atom stereocenters. The molecule has 1 aliphatic heterocycles. The van der Waals surface area contributed by atoms with Gasteiger partial charge in [0.25, 0.3) is 5.56 Å². The lowest BCUT2D eigenvalue weighted by molar-refractivity contribution is -0.239. The number of phosphoric ester groups is 1. The zero-order valence-electron chi connectivity index (χ0n) is 25.7. The number of halogens is 1. The van der Waals surface area contributed by atoms with Crippen molar-refractivity contribution in [1.82, 2.24) is 9.55 Å². The predicted molar refractivity (Wildman–Crippen MR) is 148 cm³/mol. The molecule has 47 heavy (non-hydrogen) atoms. The molecule has 0 aliphatic carbocycles. The summed E-state index contributed by atoms with van der Waals surface area (Å²) in [6.07, 6.45) is -6.16. The number of nitrogens with zero attached hydrogens (tertiary/aromatic N) is 1. The maximum Gasteiger partial charge on any atom is 0.510 e. The summed E-state index contributed by atoms with van der Waals surface area (Å²) in [4.78, 5) is 49.5. The van der Waals surface area contributed by atoms with Gasteiger partial charge in [-0.3, -0.25) is 14.3 Å². The van der Waals surface area contributed by atoms with Crippen LogP contribution in [0, 0.1) is 0 Å². The lowest BCUT2D eigenvalue weighted by Gasteiger charge is -2.32. The molecule has 270 valence electrons. The molecule has 2 rings (SSSR count). The van der Waals surface area contributed by atoms with Gasteiger partial charge in [-0.1, -0.05) is 0 Å². The van der Waals surface area contributed by atoms with Crippen molar-refractivity contribution in [3.05, 3.63) is 33.1 Å². The minimum atomic E-state index is -5.31. The van der Waals surface area contributed by atoms with Crippen LogP contribution in [0.25, 0.3) is 0 Å². The maximum absolute atomic E-state index is 14.6. The summed E-state index contributed by atoms with van der Waals surface area (Å²) in [5.74, 6) is -3.08. The van der Waals surface area contributed by atoms with Gasteiger partial charge in [-0.2, -0.15) is 0 Å². The number of carbonyl (C=O) groups is 2. The average Bonchev–Trinajstić information content (AvgIpc) is 3.21. The Hall–Kier alpha value is -3.02. The van der Waals surface area contributed by atoms with E-state index in [0.29, 0.717) is 17.8 Å². The molecule has 2 heterocycles. The van der Waals surface area contributed by atoms with Crippen molar-refractivity contribution in [2.45, 2.75) is 30.6 Å². The van der Waals surface area contributed by atoms with E-state index in [1.807, 2.05) is 4.98 Å². The molecule has 3 N–H and O–H groups in total. The summed E-state index contributed by atoms with van der Waals surface area (Å²) in [5.41, 5.74) is -4.50. The summed E-state index contributed by atoms with van der Waals surface area (Å²) in [6.45, 7) is -2.91. The number of carbonyl (C=O) groups excluding carboxylic acids is 2. The van der Waals surface area contributed by atoms with Crippen LogP contribution >= 0.6 is 7.82 Å². The Bertz CT molecular complexity index is 1240. The fourth-order valence-electron chi connectivity index (χ4n) is 3.60. The zero-order chi connectivity index (χ0) is 34.9. The maximum atomic E-state index is 14.6. The highest BCUT2D eigenvalue weighted by molar-refractivity contribution is 7.48. The topological polar surface area (TPSA) is 257 Å². The fraction of sp³-hybridized carbons (Fsp3) is 0.750. The number of aromatic nitrogens is 2. The highest BCUT2D eigenvalue weighted by Crippen LogP contribution is 2.57. The van der Waals surface area contributed by atoms with Crippen LogP contribution in [-0.2, 0) is 60.8 Å². The summed E-state index contributed by atoms with van der Waals surface area (Å²) in [5, 5.41) is 21.9. The molecule has 0 amide bonds. The minimum absolute atomic E-state index is 0.0233. The second-order valence-corrected chi connectivity index (χ2v) is 10.9. The number of hydrogen-bond donors (Lipinski definition) is 3. The molecule has 0 bridgehead atoms. The van der Waals surface area contributed by atoms with Crippen LogP contribution in [0.1, 0.15) is 13.2 Å². The van der Waals surface area contributed by atoms with Gasteiger partial charge in [-0.25, -0.2) is 36.9 Å². The Balaban J connectivity index is 2.13. The molecule has 0 unspecified atom stereocenters. The van der Waals surface area contributed by atoms with E-state index >= 15 is 0 Å². The van der Waals surface area contributed by atoms with Gasteiger partial charge in [0.15, 0.2) is 6.23 Å². The van der Waals surface area contributed by atoms with Crippen LogP contribution in [0.15, 0.2) is 21.9 Å². The van der Waals surface area contributed by atoms with Crippen molar-refractivity contribution in [2.24, 2.45) is 0 Å². The normalized spacial score (nSPS) is 22.6. The monoisotopic (exact) mass is 708 g/mol. The first-order valence-electron chi connectivity index (χ1n) is 13.6. The zero-order valence-corrected chi connectivity index (χ0v) is 26.6. The van der Waals surface area contributed by atoms with E-state index in [-0.39, 0.29) is 39.6 Å². The number of rotatable bonds is 22. The van der Waals surface area contributed by atoms with E-state index in [9.17, 15) is 38.3 Å². The molecule has 21 nitrogen and oxygen atoms in total. The van der Waals surface area contributed by atoms with Crippen LogP contribution in [0.3, 0.4) is 0 Å². The third-order valence-electron chi connectivity index (χ3n) is 5.87. The largest absolute Gasteiger partial charge is 0.510 e. The molecule has 1 saturated heterocycles. The number of ether oxygens (including phenoxy) is 9. The summed E-state index contributed by atoms with van der Waals surface area (Å²) in [7, 11) is -2.38. The highest BCUT2D eigenvalue weighted by Gasteiger charge is 2.66. The third kappa shape index (κ3) is 12.5. The smallest absolute Gasteiger partial charge is 0.432 e.